The number of para-hydroxylation sites is 1. The topological polar surface area (TPSA) is 22.0 Å². The van der Waals surface area contributed by atoms with Crippen LogP contribution in [0.2, 0.25) is 0 Å². The standard InChI is InChI=1S/C27H35NO/c1-4-5-6-7-8-9-11-16-21(2)28-22(3)26(24-19-14-15-20-25(24)28)27(29)23-17-12-10-13-18-23/h10,12-15,17-21H,4-9,11,16H2,1-3H3. The number of benzene rings is 2. The van der Waals surface area contributed by atoms with E-state index in [0.29, 0.717) is 6.04 Å². The lowest BCUT2D eigenvalue weighted by molar-refractivity contribution is 0.103. The van der Waals surface area contributed by atoms with Crippen LogP contribution in [0.25, 0.3) is 10.9 Å². The second-order valence-corrected chi connectivity index (χ2v) is 8.30. The Morgan fingerprint density at radius 1 is 0.862 bits per heavy atom. The lowest BCUT2D eigenvalue weighted by Gasteiger charge is -2.18. The Hall–Kier alpha value is -2.35. The number of hydrogen-bond acceptors (Lipinski definition) is 1. The van der Waals surface area contributed by atoms with Crippen molar-refractivity contribution in [1.29, 1.82) is 0 Å². The SMILES string of the molecule is CCCCCCCCCC(C)n1c(C)c(C(=O)c2ccccc2)c2ccccc21. The van der Waals surface area contributed by atoms with Gasteiger partial charge in [-0.1, -0.05) is 100 Å². The lowest BCUT2D eigenvalue weighted by Crippen LogP contribution is -2.09. The van der Waals surface area contributed by atoms with Gasteiger partial charge in [0, 0.05) is 28.2 Å². The zero-order valence-electron chi connectivity index (χ0n) is 18.3. The van der Waals surface area contributed by atoms with E-state index in [1.54, 1.807) is 0 Å². The van der Waals surface area contributed by atoms with Crippen molar-refractivity contribution < 1.29 is 4.79 Å². The minimum atomic E-state index is 0.126. The first-order valence-corrected chi connectivity index (χ1v) is 11.3. The molecule has 0 N–H and O–H groups in total. The Labute approximate surface area is 175 Å². The number of ketones is 1. The Kier molecular flexibility index (Phi) is 7.69. The fourth-order valence-electron chi connectivity index (χ4n) is 4.51. The van der Waals surface area contributed by atoms with Gasteiger partial charge in [-0.3, -0.25) is 4.79 Å². The molecule has 29 heavy (non-hydrogen) atoms. The van der Waals surface area contributed by atoms with E-state index >= 15 is 0 Å². The molecule has 0 aliphatic carbocycles. The number of hydrogen-bond donors (Lipinski definition) is 0. The monoisotopic (exact) mass is 389 g/mol. The first-order valence-electron chi connectivity index (χ1n) is 11.3. The molecule has 1 heterocycles. The second kappa shape index (κ2) is 10.4. The van der Waals surface area contributed by atoms with Gasteiger partial charge in [0.15, 0.2) is 5.78 Å². The van der Waals surface area contributed by atoms with Crippen LogP contribution in [0.3, 0.4) is 0 Å². The quantitative estimate of drug-likeness (QED) is 0.241. The van der Waals surface area contributed by atoms with Crippen molar-refractivity contribution in [2.24, 2.45) is 0 Å². The molecule has 0 saturated heterocycles. The Balaban J connectivity index is 1.78. The highest BCUT2D eigenvalue weighted by Crippen LogP contribution is 2.32. The molecule has 0 saturated carbocycles. The normalized spacial score (nSPS) is 12.4. The van der Waals surface area contributed by atoms with Gasteiger partial charge in [-0.25, -0.2) is 0 Å². The van der Waals surface area contributed by atoms with E-state index in [2.05, 4.69) is 43.5 Å². The van der Waals surface area contributed by atoms with Crippen LogP contribution in [0.15, 0.2) is 54.6 Å². The maximum absolute atomic E-state index is 13.3. The third-order valence-corrected chi connectivity index (χ3v) is 6.09. The van der Waals surface area contributed by atoms with Gasteiger partial charge in [-0.15, -0.1) is 0 Å². The molecule has 1 atom stereocenters. The zero-order valence-corrected chi connectivity index (χ0v) is 18.3. The molecule has 0 aliphatic rings. The summed E-state index contributed by atoms with van der Waals surface area (Å²) >= 11 is 0. The number of nitrogens with zero attached hydrogens (tertiary/aromatic N) is 1. The van der Waals surface area contributed by atoms with Crippen molar-refractivity contribution in [3.05, 3.63) is 71.4 Å². The van der Waals surface area contributed by atoms with E-state index in [1.165, 1.54) is 50.5 Å². The molecule has 0 fully saturated rings. The second-order valence-electron chi connectivity index (χ2n) is 8.30. The Morgan fingerprint density at radius 2 is 1.48 bits per heavy atom. The Morgan fingerprint density at radius 3 is 2.21 bits per heavy atom. The Bertz CT molecular complexity index is 922. The van der Waals surface area contributed by atoms with Crippen LogP contribution >= 0.6 is 0 Å². The van der Waals surface area contributed by atoms with Crippen LogP contribution in [0.4, 0.5) is 0 Å². The van der Waals surface area contributed by atoms with Crippen molar-refractivity contribution in [2.45, 2.75) is 78.2 Å². The molecule has 3 rings (SSSR count). The molecule has 3 aromatic rings. The van der Waals surface area contributed by atoms with E-state index in [9.17, 15) is 4.79 Å². The summed E-state index contributed by atoms with van der Waals surface area (Å²) in [6.45, 7) is 6.67. The van der Waals surface area contributed by atoms with Crippen LogP contribution in [0.1, 0.15) is 92.9 Å². The van der Waals surface area contributed by atoms with Gasteiger partial charge < -0.3 is 4.57 Å². The van der Waals surface area contributed by atoms with Crippen molar-refractivity contribution in [1.82, 2.24) is 4.57 Å². The highest BCUT2D eigenvalue weighted by molar-refractivity contribution is 6.17. The third-order valence-electron chi connectivity index (χ3n) is 6.09. The van der Waals surface area contributed by atoms with Crippen molar-refractivity contribution in [2.75, 3.05) is 0 Å². The molecule has 0 spiro atoms. The first kappa shape index (κ1) is 21.4. The summed E-state index contributed by atoms with van der Waals surface area (Å²) in [4.78, 5) is 13.3. The predicted molar refractivity (Wildman–Crippen MR) is 124 cm³/mol. The number of carbonyl (C=O) groups is 1. The summed E-state index contributed by atoms with van der Waals surface area (Å²) < 4.78 is 2.39. The van der Waals surface area contributed by atoms with E-state index in [4.69, 9.17) is 0 Å². The van der Waals surface area contributed by atoms with Crippen LogP contribution < -0.4 is 0 Å². The van der Waals surface area contributed by atoms with Crippen LogP contribution in [0.5, 0.6) is 0 Å². The number of fused-ring (bicyclic) bond motifs is 1. The van der Waals surface area contributed by atoms with Crippen molar-refractivity contribution in [3.63, 3.8) is 0 Å². The molecule has 0 amide bonds. The highest BCUT2D eigenvalue weighted by Gasteiger charge is 2.22. The van der Waals surface area contributed by atoms with E-state index in [-0.39, 0.29) is 5.78 Å². The smallest absolute Gasteiger partial charge is 0.195 e. The number of carbonyl (C=O) groups excluding carboxylic acids is 1. The molecular weight excluding hydrogens is 354 g/mol. The summed E-state index contributed by atoms with van der Waals surface area (Å²) in [6, 6.07) is 18.4. The fraction of sp³-hybridized carbons (Fsp3) is 0.444. The summed E-state index contributed by atoms with van der Waals surface area (Å²) in [5.41, 5.74) is 3.90. The van der Waals surface area contributed by atoms with Crippen LogP contribution in [-0.4, -0.2) is 10.4 Å². The molecule has 2 heteroatoms. The van der Waals surface area contributed by atoms with Gasteiger partial charge in [-0.2, -0.15) is 0 Å². The maximum atomic E-state index is 13.3. The van der Waals surface area contributed by atoms with Gasteiger partial charge in [0.05, 0.1) is 5.56 Å². The van der Waals surface area contributed by atoms with Crippen molar-refractivity contribution >= 4 is 16.7 Å². The van der Waals surface area contributed by atoms with Gasteiger partial charge in [0.25, 0.3) is 0 Å². The molecule has 0 bridgehead atoms. The van der Waals surface area contributed by atoms with Gasteiger partial charge in [0.1, 0.15) is 0 Å². The zero-order chi connectivity index (χ0) is 20.6. The molecule has 0 radical (unpaired) electrons. The summed E-state index contributed by atoms with van der Waals surface area (Å²) in [7, 11) is 0. The van der Waals surface area contributed by atoms with Gasteiger partial charge in [0.2, 0.25) is 0 Å². The summed E-state index contributed by atoms with van der Waals surface area (Å²) in [5.74, 6) is 0.126. The first-order chi connectivity index (χ1) is 14.1. The van der Waals surface area contributed by atoms with E-state index in [1.807, 2.05) is 36.4 Å². The minimum absolute atomic E-state index is 0.126. The maximum Gasteiger partial charge on any atom is 0.195 e. The predicted octanol–water partition coefficient (Wildman–Crippen LogP) is 7.88. The number of rotatable bonds is 11. The number of unbranched alkanes of at least 4 members (excludes halogenated alkanes) is 6. The average Bonchev–Trinajstić information content (AvgIpc) is 3.05. The van der Waals surface area contributed by atoms with Crippen LogP contribution in [0, 0.1) is 6.92 Å². The van der Waals surface area contributed by atoms with Crippen LogP contribution in [-0.2, 0) is 0 Å². The summed E-state index contributed by atoms with van der Waals surface area (Å²) in [5, 5.41) is 1.07. The lowest BCUT2D eigenvalue weighted by atomic mass is 10.0. The fourth-order valence-corrected chi connectivity index (χ4v) is 4.51. The molecule has 2 aromatic carbocycles. The number of aromatic nitrogens is 1. The molecule has 1 unspecified atom stereocenters. The van der Waals surface area contributed by atoms with E-state index in [0.717, 1.165) is 28.6 Å². The molecular formula is C27H35NO. The highest BCUT2D eigenvalue weighted by atomic mass is 16.1. The van der Waals surface area contributed by atoms with Gasteiger partial charge in [-0.05, 0) is 26.3 Å². The van der Waals surface area contributed by atoms with E-state index < -0.39 is 0 Å². The largest absolute Gasteiger partial charge is 0.341 e. The van der Waals surface area contributed by atoms with Gasteiger partial charge >= 0.3 is 0 Å². The molecule has 1 aromatic heterocycles. The molecule has 154 valence electrons. The minimum Gasteiger partial charge on any atom is -0.341 e. The average molecular weight is 390 g/mol. The van der Waals surface area contributed by atoms with Crippen molar-refractivity contribution in [3.8, 4) is 0 Å². The molecule has 0 aliphatic heterocycles. The third kappa shape index (κ3) is 4.98. The summed E-state index contributed by atoms with van der Waals surface area (Å²) in [6.07, 6.45) is 10.5. The molecule has 2 nitrogen and oxygen atoms in total.